The number of aryl methyl sites for hydroxylation is 3. The molecule has 30 heavy (non-hydrogen) atoms. The molecule has 6 heteroatoms. The van der Waals surface area contributed by atoms with Crippen LogP contribution >= 0.6 is 31.9 Å². The second kappa shape index (κ2) is 10.1. The molecule has 2 N–H and O–H groups in total. The van der Waals surface area contributed by atoms with Crippen molar-refractivity contribution < 1.29 is 9.53 Å². The highest BCUT2D eigenvalue weighted by Crippen LogP contribution is 2.35. The largest absolute Gasteiger partial charge is 0.481 e. The summed E-state index contributed by atoms with van der Waals surface area (Å²) >= 11 is 7.11. The van der Waals surface area contributed by atoms with E-state index in [0.29, 0.717) is 12.3 Å². The van der Waals surface area contributed by atoms with Crippen LogP contribution < -0.4 is 15.4 Å². The Kier molecular flexibility index (Phi) is 7.56. The highest BCUT2D eigenvalue weighted by atomic mass is 79.9. The van der Waals surface area contributed by atoms with Crippen molar-refractivity contribution in [3.63, 3.8) is 0 Å². The Morgan fingerprint density at radius 3 is 2.30 bits per heavy atom. The number of ether oxygens (including phenoxy) is 1. The highest BCUT2D eigenvalue weighted by Gasteiger charge is 2.12. The van der Waals surface area contributed by atoms with Gasteiger partial charge in [-0.25, -0.2) is 0 Å². The molecule has 3 aromatic carbocycles. The summed E-state index contributed by atoms with van der Waals surface area (Å²) < 4.78 is 7.33. The van der Waals surface area contributed by atoms with Gasteiger partial charge in [-0.1, -0.05) is 18.2 Å². The van der Waals surface area contributed by atoms with Crippen molar-refractivity contribution in [1.29, 1.82) is 0 Å². The van der Waals surface area contributed by atoms with E-state index >= 15 is 0 Å². The van der Waals surface area contributed by atoms with Gasteiger partial charge in [0, 0.05) is 17.9 Å². The molecule has 0 aliphatic carbocycles. The number of anilines is 2. The van der Waals surface area contributed by atoms with Crippen molar-refractivity contribution in [2.45, 2.75) is 27.3 Å². The smallest absolute Gasteiger partial charge is 0.262 e. The first-order valence-electron chi connectivity index (χ1n) is 9.60. The molecule has 3 aromatic rings. The summed E-state index contributed by atoms with van der Waals surface area (Å²) in [4.78, 5) is 12.2. The fourth-order valence-corrected chi connectivity index (χ4v) is 4.48. The van der Waals surface area contributed by atoms with Crippen LogP contribution in [0.1, 0.15) is 22.3 Å². The first kappa shape index (κ1) is 22.4. The Morgan fingerprint density at radius 2 is 1.63 bits per heavy atom. The Balaban J connectivity index is 1.59. The predicted octanol–water partition coefficient (Wildman–Crippen LogP) is 6.77. The molecule has 0 heterocycles. The van der Waals surface area contributed by atoms with E-state index in [1.807, 2.05) is 43.3 Å². The maximum atomic E-state index is 12.2. The third-order valence-electron chi connectivity index (χ3n) is 4.71. The number of carbonyl (C=O) groups excluding carboxylic acids is 1. The van der Waals surface area contributed by atoms with E-state index in [-0.39, 0.29) is 12.5 Å². The summed E-state index contributed by atoms with van der Waals surface area (Å²) in [5, 5.41) is 6.28. The van der Waals surface area contributed by atoms with E-state index in [4.69, 9.17) is 4.74 Å². The molecule has 156 valence electrons. The van der Waals surface area contributed by atoms with Crippen molar-refractivity contribution in [3.8, 4) is 5.75 Å². The van der Waals surface area contributed by atoms with E-state index in [1.165, 1.54) is 11.1 Å². The maximum Gasteiger partial charge on any atom is 0.262 e. The number of rotatable bonds is 7. The van der Waals surface area contributed by atoms with Gasteiger partial charge in [0.2, 0.25) is 0 Å². The standard InChI is InChI=1S/C24H24Br2N2O2/c1-15-5-4-6-20(9-15)28-23(29)14-30-24-21(25)11-18(12-22(24)26)13-27-19-8-7-16(2)17(3)10-19/h4-12,27H,13-14H2,1-3H3,(H,28,29). The van der Waals surface area contributed by atoms with E-state index in [2.05, 4.69) is 74.5 Å². The first-order chi connectivity index (χ1) is 14.3. The van der Waals surface area contributed by atoms with Gasteiger partial charge >= 0.3 is 0 Å². The highest BCUT2D eigenvalue weighted by molar-refractivity contribution is 9.11. The molecular weight excluding hydrogens is 508 g/mol. The lowest BCUT2D eigenvalue weighted by atomic mass is 10.1. The number of carbonyl (C=O) groups is 1. The summed E-state index contributed by atoms with van der Waals surface area (Å²) in [6, 6.07) is 18.0. The van der Waals surface area contributed by atoms with Crippen LogP contribution in [-0.4, -0.2) is 12.5 Å². The van der Waals surface area contributed by atoms with Gasteiger partial charge in [0.05, 0.1) is 8.95 Å². The van der Waals surface area contributed by atoms with E-state index < -0.39 is 0 Å². The van der Waals surface area contributed by atoms with Crippen LogP contribution in [0.15, 0.2) is 63.5 Å². The molecule has 4 nitrogen and oxygen atoms in total. The number of benzene rings is 3. The van der Waals surface area contributed by atoms with Crippen LogP contribution in [0.5, 0.6) is 5.75 Å². The third-order valence-corrected chi connectivity index (χ3v) is 5.89. The van der Waals surface area contributed by atoms with Gasteiger partial charge in [0.25, 0.3) is 5.91 Å². The summed E-state index contributed by atoms with van der Waals surface area (Å²) in [5.41, 5.74) is 6.55. The van der Waals surface area contributed by atoms with Crippen molar-refractivity contribution >= 4 is 49.1 Å². The Labute approximate surface area is 194 Å². The molecule has 0 aliphatic heterocycles. The van der Waals surface area contributed by atoms with Gasteiger partial charge in [-0.2, -0.15) is 0 Å². The summed E-state index contributed by atoms with van der Waals surface area (Å²) in [6.45, 7) is 6.79. The summed E-state index contributed by atoms with van der Waals surface area (Å²) in [5.74, 6) is 0.393. The summed E-state index contributed by atoms with van der Waals surface area (Å²) in [7, 11) is 0. The molecule has 0 saturated heterocycles. The van der Waals surface area contributed by atoms with Crippen LogP contribution in [0.2, 0.25) is 0 Å². The molecule has 0 aliphatic rings. The molecule has 0 bridgehead atoms. The van der Waals surface area contributed by atoms with E-state index in [1.54, 1.807) is 0 Å². The van der Waals surface area contributed by atoms with Crippen molar-refractivity contribution in [2.24, 2.45) is 0 Å². The minimum Gasteiger partial charge on any atom is -0.481 e. The molecule has 0 fully saturated rings. The zero-order valence-corrected chi connectivity index (χ0v) is 20.4. The SMILES string of the molecule is Cc1cccc(NC(=O)COc2c(Br)cc(CNc3ccc(C)c(C)c3)cc2Br)c1. The third kappa shape index (κ3) is 6.09. The van der Waals surface area contributed by atoms with E-state index in [0.717, 1.165) is 31.4 Å². The Hall–Kier alpha value is -2.31. The first-order valence-corrected chi connectivity index (χ1v) is 11.2. The topological polar surface area (TPSA) is 50.4 Å². The molecule has 3 rings (SSSR count). The van der Waals surface area contributed by atoms with Gasteiger partial charge in [-0.15, -0.1) is 0 Å². The van der Waals surface area contributed by atoms with Gasteiger partial charge in [0.1, 0.15) is 5.75 Å². The minimum absolute atomic E-state index is 0.0780. The molecular formula is C24H24Br2N2O2. The van der Waals surface area contributed by atoms with Crippen molar-refractivity contribution in [2.75, 3.05) is 17.2 Å². The monoisotopic (exact) mass is 530 g/mol. The van der Waals surface area contributed by atoms with Crippen LogP contribution in [0.25, 0.3) is 0 Å². The normalized spacial score (nSPS) is 10.6. The zero-order valence-electron chi connectivity index (χ0n) is 17.2. The molecule has 0 unspecified atom stereocenters. The number of nitrogens with one attached hydrogen (secondary N) is 2. The van der Waals surface area contributed by atoms with Gasteiger partial charge < -0.3 is 15.4 Å². The average molecular weight is 532 g/mol. The van der Waals surface area contributed by atoms with Crippen molar-refractivity contribution in [3.05, 3.63) is 85.8 Å². The molecule has 0 atom stereocenters. The lowest BCUT2D eigenvalue weighted by molar-refractivity contribution is -0.118. The maximum absolute atomic E-state index is 12.2. The van der Waals surface area contributed by atoms with Gasteiger partial charge in [-0.3, -0.25) is 4.79 Å². The fraction of sp³-hybridized carbons (Fsp3) is 0.208. The minimum atomic E-state index is -0.208. The second-order valence-electron chi connectivity index (χ2n) is 7.25. The molecule has 0 saturated carbocycles. The number of amides is 1. The predicted molar refractivity (Wildman–Crippen MR) is 130 cm³/mol. The quantitative estimate of drug-likeness (QED) is 0.354. The zero-order chi connectivity index (χ0) is 21.7. The van der Waals surface area contributed by atoms with Crippen LogP contribution in [0.4, 0.5) is 11.4 Å². The number of hydrogen-bond acceptors (Lipinski definition) is 3. The fourth-order valence-electron chi connectivity index (χ4n) is 2.97. The van der Waals surface area contributed by atoms with Gasteiger partial charge in [-0.05, 0) is 111 Å². The summed E-state index contributed by atoms with van der Waals surface area (Å²) in [6.07, 6.45) is 0. The Morgan fingerprint density at radius 1 is 0.900 bits per heavy atom. The number of hydrogen-bond donors (Lipinski definition) is 2. The molecule has 0 aromatic heterocycles. The second-order valence-corrected chi connectivity index (χ2v) is 8.96. The van der Waals surface area contributed by atoms with Crippen LogP contribution in [-0.2, 0) is 11.3 Å². The van der Waals surface area contributed by atoms with Crippen molar-refractivity contribution in [1.82, 2.24) is 0 Å². The molecule has 1 amide bonds. The lowest BCUT2D eigenvalue weighted by Gasteiger charge is -2.14. The van der Waals surface area contributed by atoms with Crippen LogP contribution in [0, 0.1) is 20.8 Å². The van der Waals surface area contributed by atoms with Gasteiger partial charge in [0.15, 0.2) is 6.61 Å². The van der Waals surface area contributed by atoms with Crippen LogP contribution in [0.3, 0.4) is 0 Å². The molecule has 0 spiro atoms. The van der Waals surface area contributed by atoms with E-state index in [9.17, 15) is 4.79 Å². The lowest BCUT2D eigenvalue weighted by Crippen LogP contribution is -2.20. The average Bonchev–Trinajstić information content (AvgIpc) is 2.68. The number of halogens is 2. The Bertz CT molecular complexity index is 1040. The molecule has 0 radical (unpaired) electrons.